The molecule has 3 heteroatoms. The molecule has 0 radical (unpaired) electrons. The lowest BCUT2D eigenvalue weighted by molar-refractivity contribution is 0.341. The van der Waals surface area contributed by atoms with Crippen molar-refractivity contribution in [2.75, 3.05) is 20.1 Å². The first-order valence-corrected chi connectivity index (χ1v) is 5.90. The molecule has 0 N–H and O–H groups in total. The van der Waals surface area contributed by atoms with Crippen molar-refractivity contribution in [1.29, 1.82) is 0 Å². The predicted molar refractivity (Wildman–Crippen MR) is 60.8 cm³/mol. The Hall–Kier alpha value is -0.0500. The van der Waals surface area contributed by atoms with Crippen LogP contribution in [0, 0.1) is 0 Å². The summed E-state index contributed by atoms with van der Waals surface area (Å²) < 4.78 is 0. The Balaban J connectivity index is 2.19. The van der Waals surface area contributed by atoms with Crippen molar-refractivity contribution in [1.82, 2.24) is 4.90 Å². The first-order chi connectivity index (χ1) is 6.18. The first kappa shape index (κ1) is 11.0. The van der Waals surface area contributed by atoms with Gasteiger partial charge in [0.05, 0.1) is 0 Å². The monoisotopic (exact) mass is 217 g/mol. The van der Waals surface area contributed by atoms with Gasteiger partial charge in [-0.3, -0.25) is 0 Å². The summed E-state index contributed by atoms with van der Waals surface area (Å²) in [6.45, 7) is 4.09. The fourth-order valence-electron chi connectivity index (χ4n) is 1.28. The van der Waals surface area contributed by atoms with Gasteiger partial charge < -0.3 is 4.90 Å². The van der Waals surface area contributed by atoms with Gasteiger partial charge >= 0.3 is 0 Å². The van der Waals surface area contributed by atoms with Crippen molar-refractivity contribution < 1.29 is 0 Å². The lowest BCUT2D eigenvalue weighted by Gasteiger charge is -2.17. The van der Waals surface area contributed by atoms with E-state index in [1.54, 1.807) is 11.3 Å². The normalized spacial score (nSPS) is 13.5. The van der Waals surface area contributed by atoms with Crippen molar-refractivity contribution in [3.8, 4) is 0 Å². The lowest BCUT2D eigenvalue weighted by atomic mass is 10.2. The summed E-state index contributed by atoms with van der Waals surface area (Å²) in [5.41, 5.74) is 1.43. The van der Waals surface area contributed by atoms with E-state index in [1.807, 2.05) is 6.92 Å². The van der Waals surface area contributed by atoms with Crippen LogP contribution in [0.3, 0.4) is 0 Å². The third kappa shape index (κ3) is 4.65. The van der Waals surface area contributed by atoms with E-state index in [-0.39, 0.29) is 5.38 Å². The molecule has 1 unspecified atom stereocenters. The molecule has 0 bridgehead atoms. The van der Waals surface area contributed by atoms with Crippen LogP contribution < -0.4 is 0 Å². The van der Waals surface area contributed by atoms with Crippen LogP contribution in [-0.4, -0.2) is 30.4 Å². The SMILES string of the molecule is CC(Cl)CN(C)CCc1ccsc1. The quantitative estimate of drug-likeness (QED) is 0.686. The van der Waals surface area contributed by atoms with Crippen LogP contribution in [0.2, 0.25) is 0 Å². The maximum Gasteiger partial charge on any atom is 0.0434 e. The van der Waals surface area contributed by atoms with Gasteiger partial charge in [0.2, 0.25) is 0 Å². The van der Waals surface area contributed by atoms with Crippen molar-refractivity contribution in [2.45, 2.75) is 18.7 Å². The average molecular weight is 218 g/mol. The second-order valence-corrected chi connectivity index (χ2v) is 4.95. The Labute approximate surface area is 89.3 Å². The van der Waals surface area contributed by atoms with Gasteiger partial charge in [0, 0.05) is 18.5 Å². The highest BCUT2D eigenvalue weighted by molar-refractivity contribution is 7.07. The summed E-state index contributed by atoms with van der Waals surface area (Å²) in [7, 11) is 2.12. The number of alkyl halides is 1. The molecule has 74 valence electrons. The van der Waals surface area contributed by atoms with Crippen LogP contribution in [0.5, 0.6) is 0 Å². The zero-order chi connectivity index (χ0) is 9.68. The van der Waals surface area contributed by atoms with Crippen LogP contribution in [0.1, 0.15) is 12.5 Å². The first-order valence-electron chi connectivity index (χ1n) is 4.52. The molecule has 13 heavy (non-hydrogen) atoms. The second kappa shape index (κ2) is 5.63. The second-order valence-electron chi connectivity index (χ2n) is 3.42. The Morgan fingerprint density at radius 2 is 2.38 bits per heavy atom. The van der Waals surface area contributed by atoms with Crippen molar-refractivity contribution in [2.24, 2.45) is 0 Å². The van der Waals surface area contributed by atoms with Crippen LogP contribution in [-0.2, 0) is 6.42 Å². The molecule has 0 spiro atoms. The fraction of sp³-hybridized carbons (Fsp3) is 0.600. The zero-order valence-electron chi connectivity index (χ0n) is 8.16. The fourth-order valence-corrected chi connectivity index (χ4v) is 2.21. The number of hydrogen-bond acceptors (Lipinski definition) is 2. The third-order valence-corrected chi connectivity index (χ3v) is 2.80. The van der Waals surface area contributed by atoms with E-state index >= 15 is 0 Å². The summed E-state index contributed by atoms with van der Waals surface area (Å²) in [5.74, 6) is 0. The van der Waals surface area contributed by atoms with Crippen molar-refractivity contribution >= 4 is 22.9 Å². The molecule has 1 rings (SSSR count). The Morgan fingerprint density at radius 3 is 2.92 bits per heavy atom. The van der Waals surface area contributed by atoms with Crippen LogP contribution in [0.15, 0.2) is 16.8 Å². The molecule has 1 aromatic heterocycles. The topological polar surface area (TPSA) is 3.24 Å². The largest absolute Gasteiger partial charge is 0.305 e. The molecule has 1 aromatic rings. The van der Waals surface area contributed by atoms with Crippen LogP contribution in [0.25, 0.3) is 0 Å². The Kier molecular flexibility index (Phi) is 4.78. The number of nitrogens with zero attached hydrogens (tertiary/aromatic N) is 1. The van der Waals surface area contributed by atoms with Gasteiger partial charge in [-0.25, -0.2) is 0 Å². The number of thiophene rings is 1. The molecule has 0 aliphatic heterocycles. The highest BCUT2D eigenvalue weighted by Gasteiger charge is 2.03. The zero-order valence-corrected chi connectivity index (χ0v) is 9.74. The summed E-state index contributed by atoms with van der Waals surface area (Å²) in [6, 6.07) is 2.18. The molecular weight excluding hydrogens is 202 g/mol. The van der Waals surface area contributed by atoms with E-state index in [1.165, 1.54) is 5.56 Å². The van der Waals surface area contributed by atoms with E-state index in [4.69, 9.17) is 11.6 Å². The van der Waals surface area contributed by atoms with Crippen LogP contribution >= 0.6 is 22.9 Å². The minimum Gasteiger partial charge on any atom is -0.305 e. The molecule has 0 saturated heterocycles. The highest BCUT2D eigenvalue weighted by Crippen LogP contribution is 2.07. The molecule has 0 aliphatic rings. The molecule has 0 amide bonds. The van der Waals surface area contributed by atoms with Gasteiger partial charge in [0.25, 0.3) is 0 Å². The standard InChI is InChI=1S/C10H16ClNS/c1-9(11)7-12(2)5-3-10-4-6-13-8-10/h4,6,8-9H,3,5,7H2,1-2H3. The molecular formula is C10H16ClNS. The van der Waals surface area contributed by atoms with E-state index < -0.39 is 0 Å². The van der Waals surface area contributed by atoms with Crippen molar-refractivity contribution in [3.05, 3.63) is 22.4 Å². The van der Waals surface area contributed by atoms with Gasteiger partial charge in [-0.05, 0) is 42.8 Å². The van der Waals surface area contributed by atoms with Gasteiger partial charge in [-0.1, -0.05) is 0 Å². The van der Waals surface area contributed by atoms with Gasteiger partial charge in [0.1, 0.15) is 0 Å². The minimum absolute atomic E-state index is 0.243. The maximum atomic E-state index is 5.89. The van der Waals surface area contributed by atoms with E-state index in [2.05, 4.69) is 28.8 Å². The number of hydrogen-bond donors (Lipinski definition) is 0. The number of halogens is 1. The van der Waals surface area contributed by atoms with Gasteiger partial charge in [-0.15, -0.1) is 11.6 Å². The molecule has 1 atom stereocenters. The number of rotatable bonds is 5. The molecule has 0 saturated carbocycles. The summed E-state index contributed by atoms with van der Waals surface area (Å²) in [4.78, 5) is 2.27. The third-order valence-electron chi connectivity index (χ3n) is 1.93. The predicted octanol–water partition coefficient (Wildman–Crippen LogP) is 2.85. The molecule has 0 aliphatic carbocycles. The van der Waals surface area contributed by atoms with Gasteiger partial charge in [-0.2, -0.15) is 11.3 Å². The molecule has 1 heterocycles. The Bertz CT molecular complexity index is 221. The lowest BCUT2D eigenvalue weighted by Crippen LogP contribution is -2.26. The highest BCUT2D eigenvalue weighted by atomic mass is 35.5. The summed E-state index contributed by atoms with van der Waals surface area (Å²) in [6.07, 6.45) is 1.13. The van der Waals surface area contributed by atoms with E-state index in [0.29, 0.717) is 0 Å². The summed E-state index contributed by atoms with van der Waals surface area (Å²) >= 11 is 7.65. The molecule has 0 aromatic carbocycles. The smallest absolute Gasteiger partial charge is 0.0434 e. The molecule has 0 fully saturated rings. The van der Waals surface area contributed by atoms with Crippen LogP contribution in [0.4, 0.5) is 0 Å². The number of likely N-dealkylation sites (N-methyl/N-ethyl adjacent to an activating group) is 1. The van der Waals surface area contributed by atoms with E-state index in [0.717, 1.165) is 19.5 Å². The molecule has 1 nitrogen and oxygen atoms in total. The summed E-state index contributed by atoms with van der Waals surface area (Å²) in [5, 5.41) is 4.57. The van der Waals surface area contributed by atoms with E-state index in [9.17, 15) is 0 Å². The average Bonchev–Trinajstić information content (AvgIpc) is 2.51. The maximum absolute atomic E-state index is 5.89. The Morgan fingerprint density at radius 1 is 1.62 bits per heavy atom. The van der Waals surface area contributed by atoms with Gasteiger partial charge in [0.15, 0.2) is 0 Å². The van der Waals surface area contributed by atoms with Crippen molar-refractivity contribution in [3.63, 3.8) is 0 Å². The minimum atomic E-state index is 0.243.